The molecule has 7 heteroatoms. The molecule has 0 aliphatic carbocycles. The highest BCUT2D eigenvalue weighted by Crippen LogP contribution is 2.30. The molecule has 0 fully saturated rings. The van der Waals surface area contributed by atoms with E-state index in [1.165, 1.54) is 12.1 Å². The number of alkyl carbamates (subject to hydrolysis) is 1. The van der Waals surface area contributed by atoms with Gasteiger partial charge >= 0.3 is 12.3 Å². The van der Waals surface area contributed by atoms with Gasteiger partial charge in [-0.05, 0) is 38.5 Å². The first-order chi connectivity index (χ1) is 9.49. The zero-order valence-corrected chi connectivity index (χ0v) is 12.0. The van der Waals surface area contributed by atoms with Gasteiger partial charge in [0.05, 0.1) is 18.2 Å². The largest absolute Gasteiger partial charge is 0.444 e. The average Bonchev–Trinajstić information content (AvgIpc) is 2.33. The second-order valence-electron chi connectivity index (χ2n) is 5.52. The van der Waals surface area contributed by atoms with Crippen molar-refractivity contribution >= 4 is 6.09 Å². The first kappa shape index (κ1) is 17.3. The summed E-state index contributed by atoms with van der Waals surface area (Å²) in [5.74, 6) is 0. The number of aliphatic hydroxyl groups is 1. The highest BCUT2D eigenvalue weighted by Gasteiger charge is 2.30. The molecule has 2 N–H and O–H groups in total. The number of carbonyl (C=O) groups is 1. The second kappa shape index (κ2) is 6.34. The number of amides is 1. The summed E-state index contributed by atoms with van der Waals surface area (Å²) in [5.41, 5.74) is -1.47. The van der Waals surface area contributed by atoms with Crippen molar-refractivity contribution in [2.45, 2.75) is 38.7 Å². The molecule has 1 aromatic rings. The van der Waals surface area contributed by atoms with Crippen molar-refractivity contribution in [3.8, 4) is 0 Å². The molecule has 0 saturated heterocycles. The molecule has 0 bridgehead atoms. The predicted octanol–water partition coefficient (Wildman–Crippen LogP) is 3.26. The maximum absolute atomic E-state index is 12.6. The molecule has 1 rings (SSSR count). The standard InChI is InChI=1S/C14H18F3NO3/c1-13(2,3)21-12(20)18-8-11(19)9-5-4-6-10(7-9)14(15,16)17/h4-7,11,19H,8H2,1-3H3,(H,18,20). The number of hydrogen-bond acceptors (Lipinski definition) is 3. The van der Waals surface area contributed by atoms with E-state index < -0.39 is 29.5 Å². The summed E-state index contributed by atoms with van der Waals surface area (Å²) >= 11 is 0. The van der Waals surface area contributed by atoms with Gasteiger partial charge in [-0.1, -0.05) is 12.1 Å². The lowest BCUT2D eigenvalue weighted by Crippen LogP contribution is -2.34. The Balaban J connectivity index is 2.64. The van der Waals surface area contributed by atoms with Crippen molar-refractivity contribution in [3.63, 3.8) is 0 Å². The van der Waals surface area contributed by atoms with Crippen molar-refractivity contribution < 1.29 is 27.8 Å². The van der Waals surface area contributed by atoms with Crippen LogP contribution in [0.3, 0.4) is 0 Å². The van der Waals surface area contributed by atoms with Gasteiger partial charge in [-0.25, -0.2) is 4.79 Å². The number of ether oxygens (including phenoxy) is 1. The molecule has 0 aliphatic rings. The van der Waals surface area contributed by atoms with E-state index in [-0.39, 0.29) is 12.1 Å². The van der Waals surface area contributed by atoms with Crippen LogP contribution in [0, 0.1) is 0 Å². The van der Waals surface area contributed by atoms with E-state index in [1.54, 1.807) is 20.8 Å². The molecule has 0 aromatic heterocycles. The van der Waals surface area contributed by atoms with Crippen LogP contribution in [-0.2, 0) is 10.9 Å². The molecule has 21 heavy (non-hydrogen) atoms. The number of hydrogen-bond donors (Lipinski definition) is 2. The quantitative estimate of drug-likeness (QED) is 0.901. The molecule has 1 atom stereocenters. The van der Waals surface area contributed by atoms with Gasteiger partial charge in [-0.3, -0.25) is 0 Å². The third-order valence-electron chi connectivity index (χ3n) is 2.44. The molecule has 1 amide bonds. The van der Waals surface area contributed by atoms with E-state index in [0.717, 1.165) is 12.1 Å². The Hall–Kier alpha value is -1.76. The number of benzene rings is 1. The van der Waals surface area contributed by atoms with Crippen molar-refractivity contribution in [3.05, 3.63) is 35.4 Å². The summed E-state index contributed by atoms with van der Waals surface area (Å²) in [6.07, 6.45) is -6.47. The molecule has 0 saturated carbocycles. The van der Waals surface area contributed by atoms with Gasteiger partial charge in [-0.2, -0.15) is 13.2 Å². The second-order valence-corrected chi connectivity index (χ2v) is 5.52. The fraction of sp³-hybridized carbons (Fsp3) is 0.500. The number of carbonyl (C=O) groups excluding carboxylic acids is 1. The number of nitrogens with one attached hydrogen (secondary N) is 1. The minimum atomic E-state index is -4.48. The van der Waals surface area contributed by atoms with E-state index in [4.69, 9.17) is 4.74 Å². The highest BCUT2D eigenvalue weighted by molar-refractivity contribution is 5.67. The summed E-state index contributed by atoms with van der Waals surface area (Å²) in [7, 11) is 0. The van der Waals surface area contributed by atoms with E-state index in [2.05, 4.69) is 5.32 Å². The van der Waals surface area contributed by atoms with Crippen LogP contribution in [0.25, 0.3) is 0 Å². The van der Waals surface area contributed by atoms with Gasteiger partial charge in [0.2, 0.25) is 0 Å². The number of alkyl halides is 3. The lowest BCUT2D eigenvalue weighted by Gasteiger charge is -2.20. The lowest BCUT2D eigenvalue weighted by atomic mass is 10.1. The van der Waals surface area contributed by atoms with Gasteiger partial charge < -0.3 is 15.2 Å². The van der Waals surface area contributed by atoms with Crippen molar-refractivity contribution in [2.75, 3.05) is 6.54 Å². The van der Waals surface area contributed by atoms with Crippen molar-refractivity contribution in [1.82, 2.24) is 5.32 Å². The van der Waals surface area contributed by atoms with E-state index in [9.17, 15) is 23.1 Å². The summed E-state index contributed by atoms with van der Waals surface area (Å²) in [5, 5.41) is 12.1. The Kier molecular flexibility index (Phi) is 5.22. The zero-order valence-electron chi connectivity index (χ0n) is 12.0. The van der Waals surface area contributed by atoms with Gasteiger partial charge in [0, 0.05) is 0 Å². The molecule has 1 unspecified atom stereocenters. The van der Waals surface area contributed by atoms with Gasteiger partial charge in [0.15, 0.2) is 0 Å². The Morgan fingerprint density at radius 1 is 1.33 bits per heavy atom. The first-order valence-corrected chi connectivity index (χ1v) is 6.31. The molecule has 0 aliphatic heterocycles. The van der Waals surface area contributed by atoms with Gasteiger partial charge in [-0.15, -0.1) is 0 Å². The third-order valence-corrected chi connectivity index (χ3v) is 2.44. The SMILES string of the molecule is CC(C)(C)OC(=O)NCC(O)c1cccc(C(F)(F)F)c1. The summed E-state index contributed by atoms with van der Waals surface area (Å²) in [4.78, 5) is 11.4. The normalized spacial score (nSPS) is 13.7. The van der Waals surface area contributed by atoms with Crippen LogP contribution in [0.2, 0.25) is 0 Å². The lowest BCUT2D eigenvalue weighted by molar-refractivity contribution is -0.137. The van der Waals surface area contributed by atoms with E-state index >= 15 is 0 Å². The maximum Gasteiger partial charge on any atom is 0.416 e. The third kappa shape index (κ3) is 6.03. The Labute approximate surface area is 120 Å². The maximum atomic E-state index is 12.6. The van der Waals surface area contributed by atoms with E-state index in [0.29, 0.717) is 0 Å². The monoisotopic (exact) mass is 305 g/mol. The Morgan fingerprint density at radius 3 is 2.48 bits per heavy atom. The molecule has 0 heterocycles. The van der Waals surface area contributed by atoms with E-state index in [1.807, 2.05) is 0 Å². The topological polar surface area (TPSA) is 58.6 Å². The predicted molar refractivity (Wildman–Crippen MR) is 70.6 cm³/mol. The molecule has 0 spiro atoms. The van der Waals surface area contributed by atoms with Crippen LogP contribution in [0.1, 0.15) is 38.0 Å². The molecular weight excluding hydrogens is 287 g/mol. The zero-order chi connectivity index (χ0) is 16.3. The molecular formula is C14H18F3NO3. The number of rotatable bonds is 3. The molecule has 1 aromatic carbocycles. The minimum absolute atomic E-state index is 0.0703. The van der Waals surface area contributed by atoms with Crippen LogP contribution in [0.15, 0.2) is 24.3 Å². The smallest absolute Gasteiger partial charge is 0.416 e. The summed E-state index contributed by atoms with van der Waals surface area (Å²) < 4.78 is 42.6. The molecule has 0 radical (unpaired) electrons. The average molecular weight is 305 g/mol. The summed E-state index contributed by atoms with van der Waals surface area (Å²) in [6.45, 7) is 4.79. The van der Waals surface area contributed by atoms with Crippen molar-refractivity contribution in [1.29, 1.82) is 0 Å². The Morgan fingerprint density at radius 2 is 1.95 bits per heavy atom. The van der Waals surface area contributed by atoms with Crippen LogP contribution in [-0.4, -0.2) is 23.3 Å². The number of halogens is 3. The highest BCUT2D eigenvalue weighted by atomic mass is 19.4. The van der Waals surface area contributed by atoms with Gasteiger partial charge in [0.1, 0.15) is 5.60 Å². The summed E-state index contributed by atoms with van der Waals surface area (Å²) in [6, 6.07) is 4.32. The molecule has 118 valence electrons. The Bertz CT molecular complexity index is 495. The van der Waals surface area contributed by atoms with Crippen LogP contribution in [0.5, 0.6) is 0 Å². The number of aliphatic hydroxyl groups excluding tert-OH is 1. The first-order valence-electron chi connectivity index (χ1n) is 6.31. The fourth-order valence-corrected chi connectivity index (χ4v) is 1.53. The minimum Gasteiger partial charge on any atom is -0.444 e. The van der Waals surface area contributed by atoms with Crippen LogP contribution in [0.4, 0.5) is 18.0 Å². The fourth-order valence-electron chi connectivity index (χ4n) is 1.53. The van der Waals surface area contributed by atoms with Crippen LogP contribution >= 0.6 is 0 Å². The van der Waals surface area contributed by atoms with Crippen molar-refractivity contribution in [2.24, 2.45) is 0 Å². The van der Waals surface area contributed by atoms with Crippen LogP contribution < -0.4 is 5.32 Å². The molecule has 4 nitrogen and oxygen atoms in total. The van der Waals surface area contributed by atoms with Gasteiger partial charge in [0.25, 0.3) is 0 Å².